The summed E-state index contributed by atoms with van der Waals surface area (Å²) in [6, 6.07) is 16.4. The molecule has 0 amide bonds. The number of benzene rings is 2. The van der Waals surface area contributed by atoms with E-state index >= 15 is 0 Å². The highest BCUT2D eigenvalue weighted by Crippen LogP contribution is 2.48. The van der Waals surface area contributed by atoms with Crippen LogP contribution < -0.4 is 16.9 Å². The Morgan fingerprint density at radius 2 is 1.83 bits per heavy atom. The molecule has 1 saturated heterocycles. The van der Waals surface area contributed by atoms with Crippen LogP contribution in [0.5, 0.6) is 0 Å². The van der Waals surface area contributed by atoms with Gasteiger partial charge in [0.05, 0.1) is 5.57 Å². The van der Waals surface area contributed by atoms with Gasteiger partial charge in [-0.1, -0.05) is 30.7 Å². The van der Waals surface area contributed by atoms with Crippen molar-refractivity contribution in [1.29, 1.82) is 5.41 Å². The number of allylic oxidation sites excluding steroid dienone is 2. The fourth-order valence-corrected chi connectivity index (χ4v) is 5.66. The molecule has 2 aromatic rings. The van der Waals surface area contributed by atoms with Gasteiger partial charge in [-0.25, -0.2) is 14.9 Å². The lowest BCUT2D eigenvalue weighted by molar-refractivity contribution is -0.132. The minimum absolute atomic E-state index is 0.0283. The van der Waals surface area contributed by atoms with Crippen molar-refractivity contribution in [3.8, 4) is 11.1 Å². The molecule has 1 aliphatic heterocycles. The molecular formula is C27H34N6O2S. The van der Waals surface area contributed by atoms with E-state index in [4.69, 9.17) is 17.0 Å². The van der Waals surface area contributed by atoms with Gasteiger partial charge in [-0.3, -0.25) is 0 Å². The molecule has 0 bridgehead atoms. The number of nitrogens with one attached hydrogen (secondary N) is 2. The second kappa shape index (κ2) is 11.6. The number of hydrogen-bond acceptors (Lipinski definition) is 8. The van der Waals surface area contributed by atoms with E-state index in [0.717, 1.165) is 36.1 Å². The number of carboxylic acid groups (broad SMARTS) is 1. The summed E-state index contributed by atoms with van der Waals surface area (Å²) < 4.78 is 2.43. The molecule has 8 nitrogen and oxygen atoms in total. The number of piperidine rings is 1. The molecular weight excluding hydrogens is 472 g/mol. The van der Waals surface area contributed by atoms with Crippen LogP contribution in [0.25, 0.3) is 11.1 Å². The summed E-state index contributed by atoms with van der Waals surface area (Å²) in [5.41, 5.74) is 10.1. The molecule has 2 aromatic carbocycles. The zero-order valence-electron chi connectivity index (χ0n) is 20.5. The lowest BCUT2D eigenvalue weighted by atomic mass is 10.0. The maximum absolute atomic E-state index is 11.9. The molecule has 0 radical (unpaired) electrons. The van der Waals surface area contributed by atoms with E-state index in [9.17, 15) is 9.90 Å². The molecule has 7 N–H and O–H groups in total. The first-order valence-electron chi connectivity index (χ1n) is 12.2. The molecule has 0 aromatic heterocycles. The molecule has 4 rings (SSSR count). The second-order valence-corrected chi connectivity index (χ2v) is 10.5. The first-order valence-corrected chi connectivity index (χ1v) is 13.0. The quantitative estimate of drug-likeness (QED) is 0.105. The summed E-state index contributed by atoms with van der Waals surface area (Å²) in [7, 11) is 1.69. The number of carboxylic acids is 1. The Balaban J connectivity index is 1.57. The second-order valence-electron chi connectivity index (χ2n) is 9.33. The van der Waals surface area contributed by atoms with Crippen molar-refractivity contribution in [2.75, 3.05) is 25.5 Å². The fraction of sp³-hybridized carbons (Fsp3) is 0.333. The van der Waals surface area contributed by atoms with Crippen LogP contribution in [0, 0.1) is 17.2 Å². The lowest BCUT2D eigenvalue weighted by Gasteiger charge is -2.25. The number of nitrogens with two attached hydrogens (primary N) is 2. The molecule has 1 heterocycles. The Morgan fingerprint density at radius 1 is 1.14 bits per heavy atom. The van der Waals surface area contributed by atoms with Crippen LogP contribution in [0.3, 0.4) is 0 Å². The number of nitrogens with zero attached hydrogens (tertiary/aromatic N) is 2. The van der Waals surface area contributed by atoms with Gasteiger partial charge in [-0.2, -0.15) is 0 Å². The van der Waals surface area contributed by atoms with Crippen LogP contribution in [-0.2, 0) is 4.79 Å². The fourth-order valence-electron chi connectivity index (χ4n) is 4.60. The van der Waals surface area contributed by atoms with Crippen molar-refractivity contribution in [2.24, 2.45) is 23.4 Å². The summed E-state index contributed by atoms with van der Waals surface area (Å²) in [5.74, 6) is 4.39. The third-order valence-electron chi connectivity index (χ3n) is 6.47. The predicted molar refractivity (Wildman–Crippen MR) is 146 cm³/mol. The van der Waals surface area contributed by atoms with Crippen LogP contribution in [0.1, 0.15) is 25.7 Å². The van der Waals surface area contributed by atoms with Crippen LogP contribution in [0.4, 0.5) is 5.69 Å². The Labute approximate surface area is 216 Å². The van der Waals surface area contributed by atoms with Crippen molar-refractivity contribution in [3.63, 3.8) is 0 Å². The first-order chi connectivity index (χ1) is 17.4. The van der Waals surface area contributed by atoms with Crippen LogP contribution >= 0.6 is 11.9 Å². The van der Waals surface area contributed by atoms with Crippen molar-refractivity contribution >= 4 is 29.8 Å². The number of aliphatic carboxylic acids is 1. The van der Waals surface area contributed by atoms with E-state index in [1.165, 1.54) is 29.2 Å². The van der Waals surface area contributed by atoms with Gasteiger partial charge in [0.15, 0.2) is 0 Å². The first kappa shape index (κ1) is 25.8. The largest absolute Gasteiger partial charge is 0.478 e. The molecule has 2 atom stereocenters. The van der Waals surface area contributed by atoms with E-state index in [1.54, 1.807) is 13.2 Å². The van der Waals surface area contributed by atoms with Gasteiger partial charge in [0.25, 0.3) is 0 Å². The zero-order valence-corrected chi connectivity index (χ0v) is 21.3. The smallest absolute Gasteiger partial charge is 0.339 e. The highest BCUT2D eigenvalue weighted by molar-refractivity contribution is 7.97. The van der Waals surface area contributed by atoms with Crippen LogP contribution in [-0.4, -0.2) is 46.7 Å². The van der Waals surface area contributed by atoms with Gasteiger partial charge in [0.1, 0.15) is 0 Å². The normalized spacial score (nSPS) is 20.9. The van der Waals surface area contributed by atoms with E-state index in [2.05, 4.69) is 33.9 Å². The van der Waals surface area contributed by atoms with Crippen LogP contribution in [0.15, 0.2) is 76.6 Å². The lowest BCUT2D eigenvalue weighted by Crippen LogP contribution is -2.22. The summed E-state index contributed by atoms with van der Waals surface area (Å²) in [5, 5.41) is 22.1. The highest BCUT2D eigenvalue weighted by Gasteiger charge is 2.44. The molecule has 1 unspecified atom stereocenters. The summed E-state index contributed by atoms with van der Waals surface area (Å²) in [6.07, 6.45) is 7.03. The van der Waals surface area contributed by atoms with E-state index in [0.29, 0.717) is 17.8 Å². The maximum Gasteiger partial charge on any atom is 0.339 e. The average Bonchev–Trinajstić information content (AvgIpc) is 3.65. The standard InChI is InChI=1S/C27H34N6O2S/c1-32(30)17-25(29)22-15-23(22)26(24(16-28)27(34)35)31-20-9-5-7-18(13-20)19-8-6-10-21(14-19)36-33-11-3-2-4-12-33/h5-10,13-14,16-17,22-23,28,31H,2-4,11-12,15,29-30H2,1H3,(H,34,35)/b25-17-,26-24+,28-16?/t22?,23-/m1/s1. The Bertz CT molecular complexity index is 1170. The average molecular weight is 507 g/mol. The molecule has 1 saturated carbocycles. The van der Waals surface area contributed by atoms with Gasteiger partial charge in [-0.05, 0) is 66.6 Å². The van der Waals surface area contributed by atoms with Gasteiger partial charge in [0.2, 0.25) is 0 Å². The van der Waals surface area contributed by atoms with Gasteiger partial charge in [0, 0.05) is 66.4 Å². The number of hydrazine groups is 1. The molecule has 36 heavy (non-hydrogen) atoms. The number of hydrogen-bond donors (Lipinski definition) is 5. The summed E-state index contributed by atoms with van der Waals surface area (Å²) >= 11 is 1.81. The topological polar surface area (TPSA) is 132 Å². The molecule has 2 aliphatic rings. The van der Waals surface area contributed by atoms with E-state index in [1.807, 2.05) is 36.2 Å². The minimum Gasteiger partial charge on any atom is -0.478 e. The van der Waals surface area contributed by atoms with E-state index in [-0.39, 0.29) is 17.4 Å². The molecule has 1 aliphatic carbocycles. The Morgan fingerprint density at radius 3 is 2.50 bits per heavy atom. The third kappa shape index (κ3) is 6.48. The number of carbonyl (C=O) groups is 1. The van der Waals surface area contributed by atoms with Gasteiger partial charge >= 0.3 is 5.97 Å². The van der Waals surface area contributed by atoms with Crippen molar-refractivity contribution in [2.45, 2.75) is 30.6 Å². The summed E-state index contributed by atoms with van der Waals surface area (Å²) in [4.78, 5) is 13.1. The summed E-state index contributed by atoms with van der Waals surface area (Å²) in [6.45, 7) is 2.23. The number of anilines is 1. The van der Waals surface area contributed by atoms with Crippen molar-refractivity contribution in [3.05, 3.63) is 71.7 Å². The van der Waals surface area contributed by atoms with Crippen LogP contribution in [0.2, 0.25) is 0 Å². The Hall–Kier alpha value is -3.27. The van der Waals surface area contributed by atoms with Crippen molar-refractivity contribution < 1.29 is 9.90 Å². The van der Waals surface area contributed by atoms with Gasteiger partial charge in [-0.15, -0.1) is 0 Å². The highest BCUT2D eigenvalue weighted by atomic mass is 32.2. The molecule has 9 heteroatoms. The minimum atomic E-state index is -1.14. The monoisotopic (exact) mass is 506 g/mol. The zero-order chi connectivity index (χ0) is 25.7. The SMILES string of the molecule is CN(N)/C=C(\N)C1C[C@H]1/C(Nc1cccc(-c2cccc(SN3CCCCC3)c2)c1)=C(/C=N)C(=O)O. The third-order valence-corrected chi connectivity index (χ3v) is 7.55. The molecule has 2 fully saturated rings. The van der Waals surface area contributed by atoms with Crippen molar-refractivity contribution in [1.82, 2.24) is 9.31 Å². The maximum atomic E-state index is 11.9. The van der Waals surface area contributed by atoms with E-state index < -0.39 is 5.97 Å². The number of rotatable bonds is 10. The van der Waals surface area contributed by atoms with Gasteiger partial charge < -0.3 is 26.6 Å². The molecule has 0 spiro atoms. The predicted octanol–water partition coefficient (Wildman–Crippen LogP) is 4.49. The molecule has 190 valence electrons. The Kier molecular flexibility index (Phi) is 8.35.